The normalized spacial score (nSPS) is 19.2. The summed E-state index contributed by atoms with van der Waals surface area (Å²) in [5, 5.41) is 0. The van der Waals surface area contributed by atoms with Gasteiger partial charge in [0.1, 0.15) is 5.75 Å². The van der Waals surface area contributed by atoms with Crippen LogP contribution in [0, 0.1) is 0 Å². The molecule has 5 rings (SSSR count). The molecule has 0 aliphatic carbocycles. The molecule has 2 aromatic rings. The van der Waals surface area contributed by atoms with E-state index in [0.717, 1.165) is 47.6 Å². The molecule has 1 saturated heterocycles. The molecule has 7 nitrogen and oxygen atoms in total. The van der Waals surface area contributed by atoms with Crippen LogP contribution >= 0.6 is 0 Å². The van der Waals surface area contributed by atoms with Crippen molar-refractivity contribution >= 4 is 27.3 Å². The summed E-state index contributed by atoms with van der Waals surface area (Å²) in [7, 11) is -1.95. The third kappa shape index (κ3) is 3.15. The number of hydrogen-bond acceptors (Lipinski definition) is 5. The Balaban J connectivity index is 1.35. The van der Waals surface area contributed by atoms with Crippen LogP contribution in [-0.2, 0) is 27.7 Å². The lowest BCUT2D eigenvalue weighted by Gasteiger charge is -2.35. The highest BCUT2D eigenvalue weighted by Crippen LogP contribution is 2.39. The number of methoxy groups -OCH3 is 1. The van der Waals surface area contributed by atoms with E-state index in [-0.39, 0.29) is 5.91 Å². The summed E-state index contributed by atoms with van der Waals surface area (Å²) >= 11 is 0. The van der Waals surface area contributed by atoms with E-state index in [4.69, 9.17) is 4.74 Å². The van der Waals surface area contributed by atoms with Crippen LogP contribution in [0.4, 0.5) is 11.4 Å². The van der Waals surface area contributed by atoms with E-state index in [2.05, 4.69) is 4.90 Å². The Kier molecular flexibility index (Phi) is 4.71. The lowest BCUT2D eigenvalue weighted by molar-refractivity contribution is -0.117. The Morgan fingerprint density at radius 1 is 0.933 bits per heavy atom. The third-order valence-electron chi connectivity index (χ3n) is 6.30. The zero-order chi connectivity index (χ0) is 20.9. The smallest absolute Gasteiger partial charge is 0.243 e. The maximum atomic E-state index is 13.4. The lowest BCUT2D eigenvalue weighted by Crippen LogP contribution is -2.48. The minimum absolute atomic E-state index is 0.0774. The van der Waals surface area contributed by atoms with Crippen molar-refractivity contribution in [1.29, 1.82) is 0 Å². The maximum absolute atomic E-state index is 13.4. The number of rotatable bonds is 4. The van der Waals surface area contributed by atoms with E-state index in [9.17, 15) is 13.2 Å². The number of nitrogens with zero attached hydrogens (tertiary/aromatic N) is 3. The number of carbonyl (C=O) groups is 1. The Labute approximate surface area is 176 Å². The molecule has 158 valence electrons. The molecule has 0 saturated carbocycles. The van der Waals surface area contributed by atoms with Gasteiger partial charge in [-0.1, -0.05) is 0 Å². The number of amides is 1. The Morgan fingerprint density at radius 3 is 2.33 bits per heavy atom. The van der Waals surface area contributed by atoms with E-state index in [1.807, 2.05) is 29.2 Å². The third-order valence-corrected chi connectivity index (χ3v) is 8.17. The van der Waals surface area contributed by atoms with Crippen molar-refractivity contribution in [1.82, 2.24) is 4.31 Å². The zero-order valence-corrected chi connectivity index (χ0v) is 17.8. The van der Waals surface area contributed by atoms with E-state index < -0.39 is 10.0 Å². The fourth-order valence-corrected chi connectivity index (χ4v) is 6.25. The predicted octanol–water partition coefficient (Wildman–Crippen LogP) is 2.04. The van der Waals surface area contributed by atoms with E-state index in [0.29, 0.717) is 37.5 Å². The minimum Gasteiger partial charge on any atom is -0.497 e. The molecule has 0 radical (unpaired) electrons. The summed E-state index contributed by atoms with van der Waals surface area (Å²) in [5.41, 5.74) is 3.86. The van der Waals surface area contributed by atoms with Gasteiger partial charge in [-0.05, 0) is 60.4 Å². The quantitative estimate of drug-likeness (QED) is 0.747. The second kappa shape index (κ2) is 7.28. The summed E-state index contributed by atoms with van der Waals surface area (Å²) in [4.78, 5) is 16.6. The number of anilines is 2. The number of aryl methyl sites for hydroxylation is 1. The van der Waals surface area contributed by atoms with Gasteiger partial charge in [-0.25, -0.2) is 8.42 Å². The number of hydrogen-bond donors (Lipinski definition) is 0. The number of piperazine rings is 1. The highest BCUT2D eigenvalue weighted by molar-refractivity contribution is 7.89. The van der Waals surface area contributed by atoms with Gasteiger partial charge in [-0.2, -0.15) is 4.31 Å². The van der Waals surface area contributed by atoms with Gasteiger partial charge in [0.15, 0.2) is 0 Å². The molecule has 0 aromatic heterocycles. The first-order chi connectivity index (χ1) is 14.5. The molecule has 2 aromatic carbocycles. The molecule has 3 aliphatic heterocycles. The summed E-state index contributed by atoms with van der Waals surface area (Å²) in [5.74, 6) is 0.881. The Hall–Kier alpha value is -2.58. The molecule has 0 N–H and O–H groups in total. The lowest BCUT2D eigenvalue weighted by atomic mass is 10.0. The van der Waals surface area contributed by atoms with Crippen molar-refractivity contribution in [2.24, 2.45) is 0 Å². The van der Waals surface area contributed by atoms with E-state index in [1.165, 1.54) is 0 Å². The number of carbonyl (C=O) groups excluding carboxylic acids is 1. The van der Waals surface area contributed by atoms with Gasteiger partial charge in [-0.15, -0.1) is 0 Å². The standard InChI is InChI=1S/C22H25N3O4S/c1-29-19-6-4-18(5-7-19)23-9-11-24(12-10-23)30(27,28)20-13-16-3-2-8-25-21(26)15-17(14-20)22(16)25/h4-7,13-14H,2-3,8-12,15H2,1H3. The average Bonchev–Trinajstić information content (AvgIpc) is 3.11. The molecule has 30 heavy (non-hydrogen) atoms. The molecule has 3 aliphatic rings. The number of ether oxygens (including phenoxy) is 1. The summed E-state index contributed by atoms with van der Waals surface area (Å²) in [6.45, 7) is 2.88. The van der Waals surface area contributed by atoms with Crippen LogP contribution in [0.2, 0.25) is 0 Å². The highest BCUT2D eigenvalue weighted by atomic mass is 32.2. The molecule has 1 fully saturated rings. The Morgan fingerprint density at radius 2 is 1.63 bits per heavy atom. The van der Waals surface area contributed by atoms with Crippen molar-refractivity contribution in [3.63, 3.8) is 0 Å². The molecular weight excluding hydrogens is 402 g/mol. The van der Waals surface area contributed by atoms with Crippen LogP contribution in [0.3, 0.4) is 0 Å². The number of sulfonamides is 1. The SMILES string of the molecule is COc1ccc(N2CCN(S(=O)(=O)c3cc4c5c(c3)CC(=O)N5CCC4)CC2)cc1. The largest absolute Gasteiger partial charge is 0.497 e. The Bertz CT molecular complexity index is 1090. The molecule has 0 bridgehead atoms. The fourth-order valence-electron chi connectivity index (χ4n) is 4.72. The summed E-state index contributed by atoms with van der Waals surface area (Å²) < 4.78 is 33.5. The summed E-state index contributed by atoms with van der Waals surface area (Å²) in [6, 6.07) is 11.3. The van der Waals surface area contributed by atoms with Gasteiger partial charge in [0, 0.05) is 38.4 Å². The van der Waals surface area contributed by atoms with Crippen LogP contribution in [0.25, 0.3) is 0 Å². The van der Waals surface area contributed by atoms with Crippen molar-refractivity contribution in [2.45, 2.75) is 24.2 Å². The molecule has 0 atom stereocenters. The van der Waals surface area contributed by atoms with Crippen LogP contribution in [0.15, 0.2) is 41.3 Å². The van der Waals surface area contributed by atoms with E-state index >= 15 is 0 Å². The van der Waals surface area contributed by atoms with Crippen LogP contribution in [0.5, 0.6) is 5.75 Å². The minimum atomic E-state index is -3.59. The first-order valence-corrected chi connectivity index (χ1v) is 11.8. The molecule has 0 spiro atoms. The second-order valence-corrected chi connectivity index (χ2v) is 9.94. The van der Waals surface area contributed by atoms with Crippen molar-refractivity contribution in [3.8, 4) is 5.75 Å². The molecule has 3 heterocycles. The van der Waals surface area contributed by atoms with Gasteiger partial charge in [0.25, 0.3) is 0 Å². The molecule has 8 heteroatoms. The van der Waals surface area contributed by atoms with Crippen LogP contribution < -0.4 is 14.5 Å². The zero-order valence-electron chi connectivity index (χ0n) is 17.0. The van der Waals surface area contributed by atoms with Crippen LogP contribution in [0.1, 0.15) is 17.5 Å². The topological polar surface area (TPSA) is 70.2 Å². The summed E-state index contributed by atoms with van der Waals surface area (Å²) in [6.07, 6.45) is 2.00. The van der Waals surface area contributed by atoms with Gasteiger partial charge in [0.05, 0.1) is 24.1 Å². The molecular formula is C22H25N3O4S. The van der Waals surface area contributed by atoms with Crippen LogP contribution in [-0.4, -0.2) is 58.5 Å². The van der Waals surface area contributed by atoms with Crippen molar-refractivity contribution < 1.29 is 17.9 Å². The molecule has 1 amide bonds. The second-order valence-electron chi connectivity index (χ2n) is 8.00. The monoisotopic (exact) mass is 427 g/mol. The van der Waals surface area contributed by atoms with Gasteiger partial charge in [0.2, 0.25) is 15.9 Å². The maximum Gasteiger partial charge on any atom is 0.243 e. The molecule has 0 unspecified atom stereocenters. The van der Waals surface area contributed by atoms with Crippen molar-refractivity contribution in [2.75, 3.05) is 49.6 Å². The fraction of sp³-hybridized carbons (Fsp3) is 0.409. The van der Waals surface area contributed by atoms with Gasteiger partial charge in [-0.3, -0.25) is 4.79 Å². The number of benzene rings is 2. The van der Waals surface area contributed by atoms with E-state index in [1.54, 1.807) is 23.5 Å². The highest BCUT2D eigenvalue weighted by Gasteiger charge is 2.35. The van der Waals surface area contributed by atoms with Gasteiger partial charge >= 0.3 is 0 Å². The first kappa shape index (κ1) is 19.4. The van der Waals surface area contributed by atoms with Crippen molar-refractivity contribution in [3.05, 3.63) is 47.5 Å². The predicted molar refractivity (Wildman–Crippen MR) is 115 cm³/mol. The average molecular weight is 428 g/mol. The first-order valence-electron chi connectivity index (χ1n) is 10.3. The van der Waals surface area contributed by atoms with Gasteiger partial charge < -0.3 is 14.5 Å².